The van der Waals surface area contributed by atoms with Crippen LogP contribution in [0.1, 0.15) is 19.8 Å². The van der Waals surface area contributed by atoms with E-state index in [-0.39, 0.29) is 28.4 Å². The highest BCUT2D eigenvalue weighted by molar-refractivity contribution is 7.89. The Morgan fingerprint density at radius 1 is 1.52 bits per heavy atom. The molecule has 0 amide bonds. The molecular formula is C12H17N3O5S. The SMILES string of the molecule is CC(NS(=O)(=O)c1ccc([N+](=O)[O-])c(N)c1)C1CCCO1. The third-order valence-corrected chi connectivity index (χ3v) is 4.93. The molecule has 1 aromatic carbocycles. The van der Waals surface area contributed by atoms with Crippen LogP contribution in [0.15, 0.2) is 23.1 Å². The summed E-state index contributed by atoms with van der Waals surface area (Å²) in [6.45, 7) is 2.35. The lowest BCUT2D eigenvalue weighted by atomic mass is 10.1. The number of hydrogen-bond acceptors (Lipinski definition) is 6. The Morgan fingerprint density at radius 3 is 2.76 bits per heavy atom. The van der Waals surface area contributed by atoms with Crippen molar-refractivity contribution in [1.82, 2.24) is 4.72 Å². The summed E-state index contributed by atoms with van der Waals surface area (Å²) in [7, 11) is -3.79. The van der Waals surface area contributed by atoms with Gasteiger partial charge in [0.2, 0.25) is 10.0 Å². The van der Waals surface area contributed by atoms with Crippen LogP contribution < -0.4 is 10.5 Å². The molecule has 8 nitrogen and oxygen atoms in total. The van der Waals surface area contributed by atoms with Gasteiger partial charge in [-0.1, -0.05) is 0 Å². The van der Waals surface area contributed by atoms with E-state index in [1.54, 1.807) is 6.92 Å². The Labute approximate surface area is 122 Å². The molecule has 2 unspecified atom stereocenters. The molecule has 0 aliphatic carbocycles. The van der Waals surface area contributed by atoms with Crippen LogP contribution in [0.25, 0.3) is 0 Å². The van der Waals surface area contributed by atoms with Crippen LogP contribution in [-0.4, -0.2) is 32.1 Å². The van der Waals surface area contributed by atoms with E-state index < -0.39 is 14.9 Å². The molecule has 2 rings (SSSR count). The van der Waals surface area contributed by atoms with Crippen LogP contribution in [0.3, 0.4) is 0 Å². The van der Waals surface area contributed by atoms with Crippen molar-refractivity contribution < 1.29 is 18.1 Å². The molecule has 0 spiro atoms. The summed E-state index contributed by atoms with van der Waals surface area (Å²) >= 11 is 0. The van der Waals surface area contributed by atoms with Gasteiger partial charge in [-0.25, -0.2) is 13.1 Å². The minimum Gasteiger partial charge on any atom is -0.393 e. The fourth-order valence-corrected chi connectivity index (χ4v) is 3.56. The molecule has 2 atom stereocenters. The van der Waals surface area contributed by atoms with E-state index in [0.29, 0.717) is 6.61 Å². The maximum absolute atomic E-state index is 12.2. The number of nitro benzene ring substituents is 1. The lowest BCUT2D eigenvalue weighted by Gasteiger charge is -2.20. The molecule has 0 saturated carbocycles. The average molecular weight is 315 g/mol. The van der Waals surface area contributed by atoms with Crippen molar-refractivity contribution in [3.8, 4) is 0 Å². The Morgan fingerprint density at radius 2 is 2.24 bits per heavy atom. The first-order valence-corrected chi connectivity index (χ1v) is 7.97. The molecule has 1 aromatic rings. The number of sulfonamides is 1. The van der Waals surface area contributed by atoms with Crippen molar-refractivity contribution in [2.24, 2.45) is 0 Å². The number of rotatable bonds is 5. The second-order valence-corrected chi connectivity index (χ2v) is 6.65. The average Bonchev–Trinajstić information content (AvgIpc) is 2.91. The van der Waals surface area contributed by atoms with Gasteiger partial charge >= 0.3 is 0 Å². The number of nitrogens with zero attached hydrogens (tertiary/aromatic N) is 1. The van der Waals surface area contributed by atoms with Crippen LogP contribution in [0.5, 0.6) is 0 Å². The first-order valence-electron chi connectivity index (χ1n) is 6.49. The fourth-order valence-electron chi connectivity index (χ4n) is 2.25. The number of nitrogen functional groups attached to an aromatic ring is 1. The number of nitro groups is 1. The van der Waals surface area contributed by atoms with Gasteiger partial charge < -0.3 is 10.5 Å². The zero-order chi connectivity index (χ0) is 15.6. The molecule has 1 fully saturated rings. The predicted octanol–water partition coefficient (Wildman–Crippen LogP) is 1.02. The summed E-state index contributed by atoms with van der Waals surface area (Å²) in [5, 5.41) is 10.7. The minimum absolute atomic E-state index is 0.101. The normalized spacial score (nSPS) is 20.3. The zero-order valence-electron chi connectivity index (χ0n) is 11.5. The van der Waals surface area contributed by atoms with Crippen LogP contribution in [-0.2, 0) is 14.8 Å². The number of benzene rings is 1. The standard InChI is InChI=1S/C12H17N3O5S/c1-8(12-3-2-6-20-12)14-21(18,19)9-4-5-11(15(16)17)10(13)7-9/h4-5,7-8,12,14H,2-3,6,13H2,1H3. The number of hydrogen-bond donors (Lipinski definition) is 2. The molecule has 1 aliphatic rings. The van der Waals surface area contributed by atoms with E-state index in [0.717, 1.165) is 25.0 Å². The van der Waals surface area contributed by atoms with E-state index in [2.05, 4.69) is 4.72 Å². The van der Waals surface area contributed by atoms with Gasteiger partial charge in [0.15, 0.2) is 0 Å². The van der Waals surface area contributed by atoms with E-state index in [4.69, 9.17) is 10.5 Å². The second kappa shape index (κ2) is 5.96. The molecule has 0 bridgehead atoms. The van der Waals surface area contributed by atoms with Crippen molar-refractivity contribution in [2.45, 2.75) is 36.8 Å². The molecule has 1 saturated heterocycles. The summed E-state index contributed by atoms with van der Waals surface area (Å²) < 4.78 is 32.4. The van der Waals surface area contributed by atoms with Crippen LogP contribution in [0, 0.1) is 10.1 Å². The quantitative estimate of drug-likeness (QED) is 0.475. The summed E-state index contributed by atoms with van der Waals surface area (Å²) in [5.41, 5.74) is 5.01. The highest BCUT2D eigenvalue weighted by atomic mass is 32.2. The van der Waals surface area contributed by atoms with Crippen LogP contribution >= 0.6 is 0 Å². The number of ether oxygens (including phenoxy) is 1. The smallest absolute Gasteiger partial charge is 0.292 e. The lowest BCUT2D eigenvalue weighted by molar-refractivity contribution is -0.383. The number of anilines is 1. The molecule has 1 heterocycles. The first kappa shape index (κ1) is 15.7. The number of nitrogens with two attached hydrogens (primary N) is 1. The minimum atomic E-state index is -3.79. The van der Waals surface area contributed by atoms with E-state index in [1.165, 1.54) is 6.07 Å². The Bertz CT molecular complexity index is 640. The van der Waals surface area contributed by atoms with Gasteiger partial charge in [0, 0.05) is 18.7 Å². The van der Waals surface area contributed by atoms with E-state index in [1.807, 2.05) is 0 Å². The summed E-state index contributed by atoms with van der Waals surface area (Å²) in [5.74, 6) is 0. The highest BCUT2D eigenvalue weighted by Crippen LogP contribution is 2.25. The van der Waals surface area contributed by atoms with Gasteiger partial charge in [-0.3, -0.25) is 10.1 Å². The lowest BCUT2D eigenvalue weighted by Crippen LogP contribution is -2.40. The van der Waals surface area contributed by atoms with Crippen LogP contribution in [0.2, 0.25) is 0 Å². The largest absolute Gasteiger partial charge is 0.393 e. The molecule has 3 N–H and O–H groups in total. The molecule has 1 aliphatic heterocycles. The first-order chi connectivity index (χ1) is 9.81. The van der Waals surface area contributed by atoms with Crippen LogP contribution in [0.4, 0.5) is 11.4 Å². The summed E-state index contributed by atoms with van der Waals surface area (Å²) in [6.07, 6.45) is 1.54. The number of nitrogens with one attached hydrogen (secondary N) is 1. The van der Waals surface area contributed by atoms with Crippen molar-refractivity contribution >= 4 is 21.4 Å². The van der Waals surface area contributed by atoms with Crippen molar-refractivity contribution in [3.05, 3.63) is 28.3 Å². The van der Waals surface area contributed by atoms with Crippen molar-refractivity contribution in [2.75, 3.05) is 12.3 Å². The van der Waals surface area contributed by atoms with Gasteiger partial charge in [0.05, 0.1) is 15.9 Å². The van der Waals surface area contributed by atoms with Gasteiger partial charge in [-0.05, 0) is 31.9 Å². The van der Waals surface area contributed by atoms with Gasteiger partial charge in [-0.15, -0.1) is 0 Å². The molecular weight excluding hydrogens is 298 g/mol. The molecule has 0 radical (unpaired) electrons. The molecule has 21 heavy (non-hydrogen) atoms. The van der Waals surface area contributed by atoms with Gasteiger partial charge in [0.25, 0.3) is 5.69 Å². The maximum atomic E-state index is 12.2. The maximum Gasteiger partial charge on any atom is 0.292 e. The summed E-state index contributed by atoms with van der Waals surface area (Å²) in [4.78, 5) is 9.92. The molecule has 0 aromatic heterocycles. The van der Waals surface area contributed by atoms with E-state index >= 15 is 0 Å². The zero-order valence-corrected chi connectivity index (χ0v) is 12.3. The Kier molecular flexibility index (Phi) is 4.45. The van der Waals surface area contributed by atoms with E-state index in [9.17, 15) is 18.5 Å². The Hall–Kier alpha value is -1.71. The Balaban J connectivity index is 2.19. The highest BCUT2D eigenvalue weighted by Gasteiger charge is 2.27. The third-order valence-electron chi connectivity index (χ3n) is 3.37. The van der Waals surface area contributed by atoms with Gasteiger partial charge in [-0.2, -0.15) is 0 Å². The molecule has 9 heteroatoms. The van der Waals surface area contributed by atoms with Crippen molar-refractivity contribution in [3.63, 3.8) is 0 Å². The predicted molar refractivity (Wildman–Crippen MR) is 76.3 cm³/mol. The summed E-state index contributed by atoms with van der Waals surface area (Å²) in [6, 6.07) is 2.96. The molecule has 116 valence electrons. The fraction of sp³-hybridized carbons (Fsp3) is 0.500. The second-order valence-electron chi connectivity index (χ2n) is 4.94. The third kappa shape index (κ3) is 3.49. The van der Waals surface area contributed by atoms with Crippen molar-refractivity contribution in [1.29, 1.82) is 0 Å². The monoisotopic (exact) mass is 315 g/mol. The topological polar surface area (TPSA) is 125 Å². The van der Waals surface area contributed by atoms with Gasteiger partial charge in [0.1, 0.15) is 5.69 Å².